The van der Waals surface area contributed by atoms with Crippen molar-refractivity contribution in [1.82, 2.24) is 4.31 Å². The summed E-state index contributed by atoms with van der Waals surface area (Å²) in [5.41, 5.74) is 1.26. The van der Waals surface area contributed by atoms with Crippen molar-refractivity contribution in [2.75, 3.05) is 18.6 Å². The third kappa shape index (κ3) is 3.24. The normalized spacial score (nSPS) is 20.5. The second kappa shape index (κ2) is 4.91. The van der Waals surface area contributed by atoms with E-state index in [1.165, 1.54) is 16.7 Å². The highest BCUT2D eigenvalue weighted by Gasteiger charge is 2.28. The fraction of sp³-hybridized carbons (Fsp3) is 0.455. The summed E-state index contributed by atoms with van der Waals surface area (Å²) in [7, 11) is -2.89. The second-order valence-corrected chi connectivity index (χ2v) is 8.49. The van der Waals surface area contributed by atoms with Crippen molar-refractivity contribution in [1.29, 1.82) is 0 Å². The lowest BCUT2D eigenvalue weighted by atomic mass is 10.1. The molecular formula is C11H14BrNO2S2. The van der Waals surface area contributed by atoms with E-state index in [0.29, 0.717) is 6.54 Å². The van der Waals surface area contributed by atoms with Gasteiger partial charge in [-0.1, -0.05) is 15.9 Å². The summed E-state index contributed by atoms with van der Waals surface area (Å²) >= 11 is 5.10. The van der Waals surface area contributed by atoms with Gasteiger partial charge in [0.1, 0.15) is 9.84 Å². The van der Waals surface area contributed by atoms with E-state index >= 15 is 0 Å². The SMILES string of the molecule is CC1c2cc(Br)ccc2SN1CCS(C)(=O)=O. The van der Waals surface area contributed by atoms with E-state index in [1.54, 1.807) is 11.9 Å². The van der Waals surface area contributed by atoms with Crippen LogP contribution in [0.1, 0.15) is 18.5 Å². The van der Waals surface area contributed by atoms with Crippen LogP contribution in [0.4, 0.5) is 0 Å². The molecule has 0 spiro atoms. The van der Waals surface area contributed by atoms with Gasteiger partial charge < -0.3 is 0 Å². The van der Waals surface area contributed by atoms with E-state index in [0.717, 1.165) is 4.47 Å². The van der Waals surface area contributed by atoms with Gasteiger partial charge in [0.25, 0.3) is 0 Å². The fourth-order valence-electron chi connectivity index (χ4n) is 1.78. The zero-order chi connectivity index (χ0) is 12.6. The lowest BCUT2D eigenvalue weighted by molar-refractivity contribution is 0.413. The van der Waals surface area contributed by atoms with Crippen LogP contribution in [0.25, 0.3) is 0 Å². The molecule has 3 nitrogen and oxygen atoms in total. The number of hydrogen-bond donors (Lipinski definition) is 0. The van der Waals surface area contributed by atoms with Gasteiger partial charge in [-0.15, -0.1) is 0 Å². The number of rotatable bonds is 3. The lowest BCUT2D eigenvalue weighted by Crippen LogP contribution is -2.22. The van der Waals surface area contributed by atoms with Crippen LogP contribution in [-0.2, 0) is 9.84 Å². The van der Waals surface area contributed by atoms with Crippen LogP contribution in [0.2, 0.25) is 0 Å². The van der Waals surface area contributed by atoms with Gasteiger partial charge in [-0.2, -0.15) is 0 Å². The van der Waals surface area contributed by atoms with Crippen LogP contribution in [0.3, 0.4) is 0 Å². The number of hydrogen-bond acceptors (Lipinski definition) is 4. The summed E-state index contributed by atoms with van der Waals surface area (Å²) < 4.78 is 25.5. The van der Waals surface area contributed by atoms with Gasteiger partial charge in [-0.25, -0.2) is 12.7 Å². The molecule has 1 aliphatic heterocycles. The second-order valence-electron chi connectivity index (χ2n) is 4.22. The van der Waals surface area contributed by atoms with Crippen molar-refractivity contribution in [2.24, 2.45) is 0 Å². The minimum absolute atomic E-state index is 0.208. The molecule has 0 amide bonds. The van der Waals surface area contributed by atoms with E-state index in [4.69, 9.17) is 0 Å². The summed E-state index contributed by atoms with van der Waals surface area (Å²) in [6.45, 7) is 2.67. The van der Waals surface area contributed by atoms with Crippen molar-refractivity contribution < 1.29 is 8.42 Å². The predicted octanol–water partition coefficient (Wildman–Crippen LogP) is 2.88. The van der Waals surface area contributed by atoms with E-state index in [9.17, 15) is 8.42 Å². The first kappa shape index (κ1) is 13.4. The third-order valence-corrected chi connectivity index (χ3v) is 5.47. The van der Waals surface area contributed by atoms with Crippen molar-refractivity contribution in [3.63, 3.8) is 0 Å². The Morgan fingerprint density at radius 3 is 2.82 bits per heavy atom. The first-order valence-electron chi connectivity index (χ1n) is 5.28. The Bertz CT molecular complexity index is 530. The highest BCUT2D eigenvalue weighted by Crippen LogP contribution is 2.44. The summed E-state index contributed by atoms with van der Waals surface area (Å²) in [6, 6.07) is 6.45. The summed E-state index contributed by atoms with van der Waals surface area (Å²) in [5.74, 6) is 0.208. The van der Waals surface area contributed by atoms with E-state index < -0.39 is 9.84 Å². The van der Waals surface area contributed by atoms with Gasteiger partial charge in [0.2, 0.25) is 0 Å². The van der Waals surface area contributed by atoms with Crippen molar-refractivity contribution in [2.45, 2.75) is 17.9 Å². The highest BCUT2D eigenvalue weighted by atomic mass is 79.9. The molecule has 0 saturated heterocycles. The van der Waals surface area contributed by atoms with E-state index in [-0.39, 0.29) is 11.8 Å². The van der Waals surface area contributed by atoms with Gasteiger partial charge >= 0.3 is 0 Å². The van der Waals surface area contributed by atoms with Gasteiger partial charge in [0, 0.05) is 28.2 Å². The number of nitrogens with zero attached hydrogens (tertiary/aromatic N) is 1. The predicted molar refractivity (Wildman–Crippen MR) is 74.8 cm³/mol. The van der Waals surface area contributed by atoms with Crippen molar-refractivity contribution >= 4 is 37.7 Å². The molecule has 0 N–H and O–H groups in total. The minimum atomic E-state index is -2.89. The van der Waals surface area contributed by atoms with E-state index in [1.807, 2.05) is 6.07 Å². The Kier molecular flexibility index (Phi) is 3.87. The average Bonchev–Trinajstić information content (AvgIpc) is 2.52. The Morgan fingerprint density at radius 2 is 2.18 bits per heavy atom. The molecule has 94 valence electrons. The molecule has 1 heterocycles. The van der Waals surface area contributed by atoms with Crippen LogP contribution in [0.15, 0.2) is 27.6 Å². The molecule has 2 rings (SSSR count). The van der Waals surface area contributed by atoms with Gasteiger partial charge in [0.05, 0.1) is 5.75 Å². The average molecular weight is 336 g/mol. The minimum Gasteiger partial charge on any atom is -0.238 e. The van der Waals surface area contributed by atoms with Crippen LogP contribution >= 0.6 is 27.9 Å². The molecule has 1 unspecified atom stereocenters. The standard InChI is InChI=1S/C11H14BrNO2S2/c1-8-10-7-9(12)3-4-11(10)16-13(8)5-6-17(2,14)15/h3-4,7-8H,5-6H2,1-2H3. The molecule has 0 bridgehead atoms. The first-order chi connectivity index (χ1) is 7.87. The summed E-state index contributed by atoms with van der Waals surface area (Å²) in [5, 5.41) is 0. The lowest BCUT2D eigenvalue weighted by Gasteiger charge is -2.19. The molecule has 0 aromatic heterocycles. The Hall–Kier alpha value is -0.0400. The maximum absolute atomic E-state index is 11.2. The topological polar surface area (TPSA) is 37.4 Å². The Balaban J connectivity index is 2.12. The van der Waals surface area contributed by atoms with Crippen LogP contribution in [0, 0.1) is 0 Å². The number of sulfone groups is 1. The third-order valence-electron chi connectivity index (χ3n) is 2.75. The first-order valence-corrected chi connectivity index (χ1v) is 8.91. The van der Waals surface area contributed by atoms with Crippen molar-refractivity contribution in [3.05, 3.63) is 28.2 Å². The number of fused-ring (bicyclic) bond motifs is 1. The summed E-state index contributed by atoms with van der Waals surface area (Å²) in [4.78, 5) is 1.22. The van der Waals surface area contributed by atoms with Gasteiger partial charge in [0.15, 0.2) is 0 Å². The number of benzene rings is 1. The zero-order valence-electron chi connectivity index (χ0n) is 9.68. The Morgan fingerprint density at radius 1 is 1.47 bits per heavy atom. The largest absolute Gasteiger partial charge is 0.238 e. The molecule has 0 radical (unpaired) electrons. The van der Waals surface area contributed by atoms with Crippen LogP contribution in [-0.4, -0.2) is 31.3 Å². The highest BCUT2D eigenvalue weighted by molar-refractivity contribution is 9.10. The van der Waals surface area contributed by atoms with Crippen LogP contribution in [0.5, 0.6) is 0 Å². The molecular weight excluding hydrogens is 322 g/mol. The molecule has 17 heavy (non-hydrogen) atoms. The monoisotopic (exact) mass is 335 g/mol. The molecule has 6 heteroatoms. The fourth-order valence-corrected chi connectivity index (χ4v) is 3.98. The van der Waals surface area contributed by atoms with Gasteiger partial charge in [-0.05, 0) is 42.6 Å². The van der Waals surface area contributed by atoms with Gasteiger partial charge in [-0.3, -0.25) is 0 Å². The zero-order valence-corrected chi connectivity index (χ0v) is 12.9. The maximum Gasteiger partial charge on any atom is 0.148 e. The molecule has 1 aromatic carbocycles. The molecule has 0 saturated carbocycles. The number of halogens is 1. The maximum atomic E-state index is 11.2. The Labute approximate surface area is 115 Å². The molecule has 0 aliphatic carbocycles. The van der Waals surface area contributed by atoms with Crippen LogP contribution < -0.4 is 0 Å². The molecule has 1 atom stereocenters. The molecule has 1 aliphatic rings. The molecule has 0 fully saturated rings. The molecule has 1 aromatic rings. The smallest absolute Gasteiger partial charge is 0.148 e. The van der Waals surface area contributed by atoms with E-state index in [2.05, 4.69) is 39.3 Å². The van der Waals surface area contributed by atoms with Crippen molar-refractivity contribution in [3.8, 4) is 0 Å². The summed E-state index contributed by atoms with van der Waals surface area (Å²) in [6.07, 6.45) is 1.28. The quantitative estimate of drug-likeness (QED) is 0.796.